The number of carbonyl (C=O) groups is 1. The maximum Gasteiger partial charge on any atom is 0.323 e. The van der Waals surface area contributed by atoms with Gasteiger partial charge in [0.25, 0.3) is 0 Å². The zero-order valence-corrected chi connectivity index (χ0v) is 16.9. The summed E-state index contributed by atoms with van der Waals surface area (Å²) in [4.78, 5) is 11.2. The summed E-state index contributed by atoms with van der Waals surface area (Å²) in [5, 5.41) is 17.6. The number of benzene rings is 2. The van der Waals surface area contributed by atoms with Gasteiger partial charge in [0.1, 0.15) is 6.54 Å². The van der Waals surface area contributed by atoms with Crippen molar-refractivity contribution in [2.75, 3.05) is 0 Å². The van der Waals surface area contributed by atoms with Gasteiger partial charge in [-0.1, -0.05) is 57.2 Å². The molecule has 2 aromatic carbocycles. The number of aliphatic carboxylic acids is 1. The van der Waals surface area contributed by atoms with Gasteiger partial charge in [-0.25, -0.2) is 0 Å². The van der Waals surface area contributed by atoms with Crippen molar-refractivity contribution >= 4 is 34.0 Å². The summed E-state index contributed by atoms with van der Waals surface area (Å²) in [6.07, 6.45) is 0. The number of carboxylic acids is 1. The highest BCUT2D eigenvalue weighted by atomic mass is 79.9. The number of nitrogens with one attached hydrogen (secondary N) is 1. The Hall–Kier alpha value is -2.34. The molecule has 0 saturated heterocycles. The van der Waals surface area contributed by atoms with Crippen LogP contribution in [0.25, 0.3) is 11.0 Å². The predicted molar refractivity (Wildman–Crippen MR) is 108 cm³/mol. The summed E-state index contributed by atoms with van der Waals surface area (Å²) in [6, 6.07) is 16.0. The van der Waals surface area contributed by atoms with Gasteiger partial charge in [-0.2, -0.15) is 0 Å². The van der Waals surface area contributed by atoms with E-state index in [4.69, 9.17) is 10.5 Å². The number of para-hydroxylation sites is 2. The van der Waals surface area contributed by atoms with E-state index in [-0.39, 0.29) is 34.6 Å². The maximum atomic E-state index is 11.2. The Morgan fingerprint density at radius 1 is 1.00 bits per heavy atom. The maximum absolute atomic E-state index is 11.2. The quantitative estimate of drug-likeness (QED) is 0.674. The Bertz CT molecular complexity index is 979. The Morgan fingerprint density at radius 2 is 1.54 bits per heavy atom. The van der Waals surface area contributed by atoms with Crippen molar-refractivity contribution < 1.29 is 9.90 Å². The molecule has 1 heterocycles. The van der Waals surface area contributed by atoms with Crippen molar-refractivity contribution in [2.45, 2.75) is 39.3 Å². The topological polar surface area (TPSA) is 71.0 Å². The van der Waals surface area contributed by atoms with E-state index in [0.29, 0.717) is 6.54 Å². The van der Waals surface area contributed by atoms with E-state index >= 15 is 0 Å². The number of halogens is 1. The van der Waals surface area contributed by atoms with Crippen LogP contribution in [0.4, 0.5) is 0 Å². The highest BCUT2D eigenvalue weighted by molar-refractivity contribution is 8.93. The Morgan fingerprint density at radius 3 is 2.04 bits per heavy atom. The first-order chi connectivity index (χ1) is 11.8. The molecule has 26 heavy (non-hydrogen) atoms. The smallest absolute Gasteiger partial charge is 0.323 e. The molecule has 5 nitrogen and oxygen atoms in total. The van der Waals surface area contributed by atoms with Crippen LogP contribution >= 0.6 is 17.0 Å². The normalized spacial score (nSPS) is 11.3. The van der Waals surface area contributed by atoms with Crippen molar-refractivity contribution in [3.63, 3.8) is 0 Å². The standard InChI is InChI=1S/C20H23N3O2.BrH/c1-20(2,3)15-10-8-14(9-11-15)12-22-16-6-4-5-7-17(16)23(19(22)21)13-18(24)25;/h4-11,21H,12-13H2,1-3H3,(H,24,25);1H. The molecule has 0 aliphatic heterocycles. The number of aromatic nitrogens is 2. The molecule has 0 atom stereocenters. The second kappa shape index (κ2) is 7.50. The molecule has 0 unspecified atom stereocenters. The van der Waals surface area contributed by atoms with E-state index in [9.17, 15) is 4.79 Å². The lowest BCUT2D eigenvalue weighted by molar-refractivity contribution is -0.137. The number of imidazole rings is 1. The molecule has 3 aromatic rings. The first kappa shape index (κ1) is 20.0. The summed E-state index contributed by atoms with van der Waals surface area (Å²) in [5.41, 5.74) is 4.28. The monoisotopic (exact) mass is 417 g/mol. The molecule has 0 bridgehead atoms. The molecule has 0 saturated carbocycles. The van der Waals surface area contributed by atoms with Gasteiger partial charge in [-0.3, -0.25) is 14.8 Å². The molecule has 138 valence electrons. The minimum Gasteiger partial charge on any atom is -0.480 e. The number of hydrogen-bond donors (Lipinski definition) is 2. The molecule has 0 spiro atoms. The lowest BCUT2D eigenvalue weighted by Crippen LogP contribution is -2.27. The van der Waals surface area contributed by atoms with E-state index in [0.717, 1.165) is 16.6 Å². The van der Waals surface area contributed by atoms with E-state index < -0.39 is 5.97 Å². The van der Waals surface area contributed by atoms with Crippen LogP contribution in [-0.4, -0.2) is 20.2 Å². The summed E-state index contributed by atoms with van der Waals surface area (Å²) >= 11 is 0. The second-order valence-corrected chi connectivity index (χ2v) is 7.33. The molecule has 0 aliphatic rings. The van der Waals surface area contributed by atoms with Gasteiger partial charge in [-0.05, 0) is 28.7 Å². The lowest BCUT2D eigenvalue weighted by Gasteiger charge is -2.19. The van der Waals surface area contributed by atoms with Crippen LogP contribution in [0.2, 0.25) is 0 Å². The van der Waals surface area contributed by atoms with Gasteiger partial charge >= 0.3 is 5.97 Å². The highest BCUT2D eigenvalue weighted by Gasteiger charge is 2.15. The molecule has 0 aliphatic carbocycles. The van der Waals surface area contributed by atoms with Crippen LogP contribution in [0.15, 0.2) is 48.5 Å². The van der Waals surface area contributed by atoms with Gasteiger partial charge in [0.2, 0.25) is 5.62 Å². The molecule has 6 heteroatoms. The van der Waals surface area contributed by atoms with Crippen LogP contribution in [0.3, 0.4) is 0 Å². The molecular weight excluding hydrogens is 394 g/mol. The van der Waals surface area contributed by atoms with E-state index in [1.165, 1.54) is 10.1 Å². The van der Waals surface area contributed by atoms with Crippen LogP contribution in [0.1, 0.15) is 31.9 Å². The minimum atomic E-state index is -0.948. The summed E-state index contributed by atoms with van der Waals surface area (Å²) < 4.78 is 3.38. The SMILES string of the molecule is Br.CC(C)(C)c1ccc(Cn2c(=N)n(CC(=O)O)c3ccccc32)cc1. The first-order valence-electron chi connectivity index (χ1n) is 8.31. The number of hydrogen-bond acceptors (Lipinski definition) is 2. The van der Waals surface area contributed by atoms with E-state index in [1.807, 2.05) is 28.8 Å². The molecule has 3 rings (SSSR count). The number of carboxylic acid groups (broad SMARTS) is 1. The van der Waals surface area contributed by atoms with E-state index in [1.54, 1.807) is 0 Å². The average molecular weight is 418 g/mol. The fourth-order valence-corrected chi connectivity index (χ4v) is 3.04. The largest absolute Gasteiger partial charge is 0.480 e. The number of fused-ring (bicyclic) bond motifs is 1. The van der Waals surface area contributed by atoms with Crippen molar-refractivity contribution in [3.05, 3.63) is 65.3 Å². The first-order valence-corrected chi connectivity index (χ1v) is 8.31. The fourth-order valence-electron chi connectivity index (χ4n) is 3.04. The highest BCUT2D eigenvalue weighted by Crippen LogP contribution is 2.22. The third-order valence-corrected chi connectivity index (χ3v) is 4.43. The van der Waals surface area contributed by atoms with Crippen LogP contribution in [-0.2, 0) is 23.3 Å². The lowest BCUT2D eigenvalue weighted by atomic mass is 9.87. The minimum absolute atomic E-state index is 0. The van der Waals surface area contributed by atoms with Crippen molar-refractivity contribution in [3.8, 4) is 0 Å². The van der Waals surface area contributed by atoms with Crippen molar-refractivity contribution in [1.82, 2.24) is 9.13 Å². The zero-order chi connectivity index (χ0) is 18.2. The summed E-state index contributed by atoms with van der Waals surface area (Å²) in [7, 11) is 0. The van der Waals surface area contributed by atoms with Crippen LogP contribution in [0.5, 0.6) is 0 Å². The van der Waals surface area contributed by atoms with Gasteiger partial charge < -0.3 is 9.67 Å². The van der Waals surface area contributed by atoms with E-state index in [2.05, 4.69) is 45.0 Å². The molecule has 0 radical (unpaired) electrons. The van der Waals surface area contributed by atoms with Gasteiger partial charge in [0.15, 0.2) is 0 Å². The van der Waals surface area contributed by atoms with Gasteiger partial charge in [0, 0.05) is 0 Å². The Kier molecular flexibility index (Phi) is 5.76. The molecule has 2 N–H and O–H groups in total. The third-order valence-electron chi connectivity index (χ3n) is 4.43. The molecule has 0 amide bonds. The molecular formula is C20H24BrN3O2. The number of nitrogens with zero attached hydrogens (tertiary/aromatic N) is 2. The number of rotatable bonds is 4. The Balaban J connectivity index is 0.00000243. The molecule has 0 fully saturated rings. The van der Waals surface area contributed by atoms with Crippen LogP contribution < -0.4 is 5.62 Å². The summed E-state index contributed by atoms with van der Waals surface area (Å²) in [6.45, 7) is 6.86. The zero-order valence-electron chi connectivity index (χ0n) is 15.2. The second-order valence-electron chi connectivity index (χ2n) is 7.33. The summed E-state index contributed by atoms with van der Waals surface area (Å²) in [5.74, 6) is -0.948. The Labute approximate surface area is 163 Å². The third kappa shape index (κ3) is 3.90. The predicted octanol–water partition coefficient (Wildman–Crippen LogP) is 3.93. The fraction of sp³-hybridized carbons (Fsp3) is 0.300. The van der Waals surface area contributed by atoms with Gasteiger partial charge in [-0.15, -0.1) is 17.0 Å². The van der Waals surface area contributed by atoms with Gasteiger partial charge in [0.05, 0.1) is 17.6 Å². The van der Waals surface area contributed by atoms with Crippen molar-refractivity contribution in [1.29, 1.82) is 5.41 Å². The molecule has 1 aromatic heterocycles. The van der Waals surface area contributed by atoms with Crippen LogP contribution in [0, 0.1) is 5.41 Å². The van der Waals surface area contributed by atoms with Crippen molar-refractivity contribution in [2.24, 2.45) is 0 Å². The average Bonchev–Trinajstić information content (AvgIpc) is 2.80.